The molecule has 0 bridgehead atoms. The summed E-state index contributed by atoms with van der Waals surface area (Å²) in [6, 6.07) is 7.94. The van der Waals surface area contributed by atoms with E-state index in [0.717, 1.165) is 23.8 Å². The first-order chi connectivity index (χ1) is 9.67. The van der Waals surface area contributed by atoms with Crippen LogP contribution in [0, 0.1) is 5.92 Å². The van der Waals surface area contributed by atoms with Crippen molar-refractivity contribution in [3.8, 4) is 5.75 Å². The molecule has 0 aromatic heterocycles. The zero-order valence-electron chi connectivity index (χ0n) is 11.9. The largest absolute Gasteiger partial charge is 0.497 e. The van der Waals surface area contributed by atoms with Gasteiger partial charge in [0.25, 0.3) is 0 Å². The summed E-state index contributed by atoms with van der Waals surface area (Å²) in [7, 11) is 1.65. The molecule has 1 aromatic rings. The van der Waals surface area contributed by atoms with Crippen molar-refractivity contribution in [2.45, 2.75) is 31.2 Å². The summed E-state index contributed by atoms with van der Waals surface area (Å²) in [4.78, 5) is 14.2. The first kappa shape index (κ1) is 13.4. The molecule has 1 saturated carbocycles. The third-order valence-corrected chi connectivity index (χ3v) is 4.41. The summed E-state index contributed by atoms with van der Waals surface area (Å²) in [6.07, 6.45) is 3.06. The molecule has 2 N–H and O–H groups in total. The molecule has 3 rings (SSSR count). The molecule has 4 nitrogen and oxygen atoms in total. The van der Waals surface area contributed by atoms with Crippen molar-refractivity contribution < 1.29 is 9.53 Å². The third-order valence-electron chi connectivity index (χ3n) is 4.41. The van der Waals surface area contributed by atoms with Crippen LogP contribution in [0.2, 0.25) is 0 Å². The topological polar surface area (TPSA) is 55.6 Å². The van der Waals surface area contributed by atoms with Crippen LogP contribution in [0.5, 0.6) is 5.75 Å². The van der Waals surface area contributed by atoms with E-state index in [-0.39, 0.29) is 17.9 Å². The molecule has 0 spiro atoms. The fourth-order valence-corrected chi connectivity index (χ4v) is 2.96. The number of nitrogens with two attached hydrogens (primary N) is 1. The van der Waals surface area contributed by atoms with Crippen molar-refractivity contribution >= 4 is 5.91 Å². The lowest BCUT2D eigenvalue weighted by molar-refractivity contribution is -0.134. The molecule has 1 aliphatic heterocycles. The Morgan fingerprint density at radius 2 is 2.00 bits per heavy atom. The number of methoxy groups -OCH3 is 1. The van der Waals surface area contributed by atoms with Crippen LogP contribution in [0.3, 0.4) is 0 Å². The number of hydrogen-bond donors (Lipinski definition) is 1. The molecule has 0 radical (unpaired) electrons. The fourth-order valence-electron chi connectivity index (χ4n) is 2.96. The molecule has 1 aromatic carbocycles. The predicted octanol–water partition coefficient (Wildman–Crippen LogP) is 1.75. The highest BCUT2D eigenvalue weighted by molar-refractivity contribution is 5.78. The van der Waals surface area contributed by atoms with E-state index >= 15 is 0 Å². The van der Waals surface area contributed by atoms with E-state index in [1.807, 2.05) is 29.2 Å². The van der Waals surface area contributed by atoms with Gasteiger partial charge in [0.2, 0.25) is 5.91 Å². The molecule has 2 fully saturated rings. The highest BCUT2D eigenvalue weighted by Crippen LogP contribution is 2.34. The molecular formula is C16H22N2O2. The van der Waals surface area contributed by atoms with Crippen LogP contribution in [0.1, 0.15) is 30.7 Å². The Balaban J connectivity index is 1.69. The minimum absolute atomic E-state index is 0.0276. The predicted molar refractivity (Wildman–Crippen MR) is 77.6 cm³/mol. The van der Waals surface area contributed by atoms with Crippen molar-refractivity contribution in [3.63, 3.8) is 0 Å². The van der Waals surface area contributed by atoms with Gasteiger partial charge in [-0.05, 0) is 36.5 Å². The number of carbonyl (C=O) groups is 1. The number of nitrogens with zero attached hydrogens (tertiary/aromatic N) is 1. The van der Waals surface area contributed by atoms with E-state index < -0.39 is 0 Å². The molecule has 20 heavy (non-hydrogen) atoms. The Bertz CT molecular complexity index is 482. The molecular weight excluding hydrogens is 252 g/mol. The SMILES string of the molecule is COc1ccc([C@@H]2CC(=O)N(CC3CC3)C[C@H]2N)cc1. The first-order valence-electron chi connectivity index (χ1n) is 7.34. The van der Waals surface area contributed by atoms with Gasteiger partial charge in [0.1, 0.15) is 5.75 Å². The smallest absolute Gasteiger partial charge is 0.223 e. The molecule has 108 valence electrons. The quantitative estimate of drug-likeness (QED) is 0.910. The highest BCUT2D eigenvalue weighted by atomic mass is 16.5. The van der Waals surface area contributed by atoms with Crippen LogP contribution >= 0.6 is 0 Å². The number of hydrogen-bond acceptors (Lipinski definition) is 3. The number of amides is 1. The van der Waals surface area contributed by atoms with E-state index in [0.29, 0.717) is 13.0 Å². The summed E-state index contributed by atoms with van der Waals surface area (Å²) >= 11 is 0. The number of piperidine rings is 1. The zero-order chi connectivity index (χ0) is 14.1. The number of likely N-dealkylation sites (tertiary alicyclic amines) is 1. The molecule has 1 aliphatic carbocycles. The molecule has 0 unspecified atom stereocenters. The van der Waals surface area contributed by atoms with Gasteiger partial charge in [-0.1, -0.05) is 12.1 Å². The monoisotopic (exact) mass is 274 g/mol. The number of benzene rings is 1. The van der Waals surface area contributed by atoms with Gasteiger partial charge >= 0.3 is 0 Å². The van der Waals surface area contributed by atoms with E-state index in [4.69, 9.17) is 10.5 Å². The van der Waals surface area contributed by atoms with Gasteiger partial charge in [-0.2, -0.15) is 0 Å². The third kappa shape index (κ3) is 2.80. The molecule has 4 heteroatoms. The maximum absolute atomic E-state index is 12.3. The summed E-state index contributed by atoms with van der Waals surface area (Å²) < 4.78 is 5.17. The normalized spacial score (nSPS) is 26.7. The molecule has 2 atom stereocenters. The van der Waals surface area contributed by atoms with Gasteiger partial charge < -0.3 is 15.4 Å². The second-order valence-electron chi connectivity index (χ2n) is 5.99. The van der Waals surface area contributed by atoms with E-state index in [2.05, 4.69) is 0 Å². The summed E-state index contributed by atoms with van der Waals surface area (Å²) in [5.41, 5.74) is 7.44. The summed E-state index contributed by atoms with van der Waals surface area (Å²) in [5, 5.41) is 0. The first-order valence-corrected chi connectivity index (χ1v) is 7.34. The minimum Gasteiger partial charge on any atom is -0.497 e. The molecule has 1 amide bonds. The van der Waals surface area contributed by atoms with Crippen molar-refractivity contribution in [3.05, 3.63) is 29.8 Å². The summed E-state index contributed by atoms with van der Waals surface area (Å²) in [6.45, 7) is 1.59. The summed E-state index contributed by atoms with van der Waals surface area (Å²) in [5.74, 6) is 1.94. The highest BCUT2D eigenvalue weighted by Gasteiger charge is 2.35. The fraction of sp³-hybridized carbons (Fsp3) is 0.562. The van der Waals surface area contributed by atoms with Crippen molar-refractivity contribution in [2.24, 2.45) is 11.7 Å². The van der Waals surface area contributed by atoms with Crippen LogP contribution < -0.4 is 10.5 Å². The van der Waals surface area contributed by atoms with Gasteiger partial charge in [0, 0.05) is 31.5 Å². The Hall–Kier alpha value is -1.55. The van der Waals surface area contributed by atoms with Crippen molar-refractivity contribution in [1.29, 1.82) is 0 Å². The van der Waals surface area contributed by atoms with E-state index in [9.17, 15) is 4.79 Å². The van der Waals surface area contributed by atoms with Gasteiger partial charge in [0.15, 0.2) is 0 Å². The van der Waals surface area contributed by atoms with Crippen molar-refractivity contribution in [2.75, 3.05) is 20.2 Å². The average Bonchev–Trinajstić information content (AvgIpc) is 3.27. The maximum atomic E-state index is 12.3. The Morgan fingerprint density at radius 3 is 2.60 bits per heavy atom. The van der Waals surface area contributed by atoms with Crippen LogP contribution in [0.4, 0.5) is 0 Å². The second kappa shape index (κ2) is 5.44. The lowest BCUT2D eigenvalue weighted by Gasteiger charge is -2.36. The second-order valence-corrected chi connectivity index (χ2v) is 5.99. The van der Waals surface area contributed by atoms with Crippen LogP contribution in [-0.2, 0) is 4.79 Å². The Kier molecular flexibility index (Phi) is 3.66. The van der Waals surface area contributed by atoms with Gasteiger partial charge in [-0.3, -0.25) is 4.79 Å². The van der Waals surface area contributed by atoms with Crippen LogP contribution in [0.15, 0.2) is 24.3 Å². The number of rotatable bonds is 4. The van der Waals surface area contributed by atoms with Gasteiger partial charge in [-0.15, -0.1) is 0 Å². The van der Waals surface area contributed by atoms with Gasteiger partial charge in [-0.25, -0.2) is 0 Å². The lowest BCUT2D eigenvalue weighted by atomic mass is 9.85. The lowest BCUT2D eigenvalue weighted by Crippen LogP contribution is -2.50. The van der Waals surface area contributed by atoms with Crippen LogP contribution in [-0.4, -0.2) is 37.0 Å². The number of ether oxygens (including phenoxy) is 1. The standard InChI is InChI=1S/C16H22N2O2/c1-20-13-6-4-12(5-7-13)14-8-16(19)18(10-15(14)17)9-11-2-3-11/h4-7,11,14-15H,2-3,8-10,17H2,1H3/t14-,15+/m0/s1. The Labute approximate surface area is 119 Å². The van der Waals surface area contributed by atoms with Gasteiger partial charge in [0.05, 0.1) is 7.11 Å². The molecule has 1 saturated heterocycles. The van der Waals surface area contributed by atoms with Crippen LogP contribution in [0.25, 0.3) is 0 Å². The van der Waals surface area contributed by atoms with E-state index in [1.165, 1.54) is 12.8 Å². The molecule has 1 heterocycles. The minimum atomic E-state index is 0.0276. The van der Waals surface area contributed by atoms with Crippen molar-refractivity contribution in [1.82, 2.24) is 4.90 Å². The maximum Gasteiger partial charge on any atom is 0.223 e. The van der Waals surface area contributed by atoms with E-state index in [1.54, 1.807) is 7.11 Å². The molecule has 2 aliphatic rings. The zero-order valence-corrected chi connectivity index (χ0v) is 11.9. The average molecular weight is 274 g/mol. The number of carbonyl (C=O) groups excluding carboxylic acids is 1. The Morgan fingerprint density at radius 1 is 1.30 bits per heavy atom.